The monoisotopic (exact) mass is 199 g/mol. The number of methoxy groups -OCH3 is 1. The predicted octanol–water partition coefficient (Wildman–Crippen LogP) is -1.21. The maximum absolute atomic E-state index is 6.04. The molecule has 6 nitrogen and oxygen atoms in total. The van der Waals surface area contributed by atoms with Gasteiger partial charge in [-0.2, -0.15) is 0 Å². The minimum absolute atomic E-state index is 0.253. The minimum atomic E-state index is -0.838. The molecule has 0 bridgehead atoms. The molecule has 1 aliphatic heterocycles. The van der Waals surface area contributed by atoms with E-state index in [-0.39, 0.29) is 5.96 Å². The zero-order valence-corrected chi connectivity index (χ0v) is 8.50. The van der Waals surface area contributed by atoms with Crippen LogP contribution in [-0.2, 0) is 4.74 Å². The van der Waals surface area contributed by atoms with E-state index in [0.29, 0.717) is 18.8 Å². The third-order valence-electron chi connectivity index (χ3n) is 2.28. The molecule has 1 unspecified atom stereocenters. The quantitative estimate of drug-likeness (QED) is 0.455. The lowest BCUT2D eigenvalue weighted by Gasteiger charge is -2.31. The fraction of sp³-hybridized carbons (Fsp3) is 0.625. The molecule has 0 spiro atoms. The van der Waals surface area contributed by atoms with Gasteiger partial charge >= 0.3 is 0 Å². The van der Waals surface area contributed by atoms with Crippen LogP contribution in [0.3, 0.4) is 0 Å². The van der Waals surface area contributed by atoms with Crippen LogP contribution in [0, 0.1) is 0 Å². The van der Waals surface area contributed by atoms with Gasteiger partial charge in [-0.3, -0.25) is 5.32 Å². The molecule has 1 heterocycles. The Morgan fingerprint density at radius 1 is 1.57 bits per heavy atom. The standard InChI is InChI=1S/C8H17N5O/c1-5-6(14-2)12-7(10)13-8(5,11)3-4-9/h3-4,9,11H2,1-2H3,(H3,10,12,13). The number of hydrogen-bond acceptors (Lipinski definition) is 6. The maximum atomic E-state index is 6.04. The highest BCUT2D eigenvalue weighted by atomic mass is 16.5. The molecule has 7 N–H and O–H groups in total. The molecule has 0 saturated carbocycles. The lowest BCUT2D eigenvalue weighted by molar-refractivity contribution is 0.255. The van der Waals surface area contributed by atoms with E-state index in [1.807, 2.05) is 6.92 Å². The molecule has 0 aromatic rings. The van der Waals surface area contributed by atoms with Crippen molar-refractivity contribution >= 4 is 5.96 Å². The van der Waals surface area contributed by atoms with E-state index in [4.69, 9.17) is 21.9 Å². The Morgan fingerprint density at radius 2 is 2.21 bits per heavy atom. The van der Waals surface area contributed by atoms with Crippen molar-refractivity contribution in [3.63, 3.8) is 0 Å². The predicted molar refractivity (Wildman–Crippen MR) is 55.1 cm³/mol. The van der Waals surface area contributed by atoms with E-state index in [0.717, 1.165) is 5.57 Å². The number of aliphatic imine (C=N–C) groups is 1. The molecule has 0 aromatic heterocycles. The molecule has 80 valence electrons. The van der Waals surface area contributed by atoms with Gasteiger partial charge in [0.1, 0.15) is 5.66 Å². The Balaban J connectivity index is 3.02. The second-order valence-electron chi connectivity index (χ2n) is 3.24. The average molecular weight is 199 g/mol. The normalized spacial score (nSPS) is 27.0. The summed E-state index contributed by atoms with van der Waals surface area (Å²) < 4.78 is 5.10. The number of nitrogens with two attached hydrogens (primary N) is 3. The molecule has 0 fully saturated rings. The fourth-order valence-electron chi connectivity index (χ4n) is 1.40. The summed E-state index contributed by atoms with van der Waals surface area (Å²) in [5.41, 5.74) is 17.0. The Morgan fingerprint density at radius 3 is 2.71 bits per heavy atom. The number of ether oxygens (including phenoxy) is 1. The Bertz CT molecular complexity index is 285. The number of nitrogens with one attached hydrogen (secondary N) is 1. The molecule has 0 amide bonds. The van der Waals surface area contributed by atoms with E-state index in [1.165, 1.54) is 0 Å². The number of nitrogens with zero attached hydrogens (tertiary/aromatic N) is 1. The van der Waals surface area contributed by atoms with Gasteiger partial charge in [0.2, 0.25) is 0 Å². The topological polar surface area (TPSA) is 112 Å². The van der Waals surface area contributed by atoms with Crippen molar-refractivity contribution < 1.29 is 4.74 Å². The highest BCUT2D eigenvalue weighted by Gasteiger charge is 2.32. The summed E-state index contributed by atoms with van der Waals surface area (Å²) in [4.78, 5) is 4.13. The van der Waals surface area contributed by atoms with E-state index in [2.05, 4.69) is 10.3 Å². The molecule has 0 aliphatic carbocycles. The molecule has 14 heavy (non-hydrogen) atoms. The molecular weight excluding hydrogens is 182 g/mol. The Labute approximate surface area is 83.2 Å². The second-order valence-corrected chi connectivity index (χ2v) is 3.24. The van der Waals surface area contributed by atoms with Gasteiger partial charge in [-0.25, -0.2) is 4.99 Å². The van der Waals surface area contributed by atoms with Crippen LogP contribution in [0.25, 0.3) is 0 Å². The maximum Gasteiger partial charge on any atom is 0.197 e. The summed E-state index contributed by atoms with van der Waals surface area (Å²) in [5.74, 6) is 0.803. The summed E-state index contributed by atoms with van der Waals surface area (Å²) in [6.45, 7) is 2.29. The highest BCUT2D eigenvalue weighted by molar-refractivity contribution is 5.81. The Hall–Kier alpha value is -1.27. The first-order valence-corrected chi connectivity index (χ1v) is 4.40. The van der Waals surface area contributed by atoms with E-state index >= 15 is 0 Å². The highest BCUT2D eigenvalue weighted by Crippen LogP contribution is 2.24. The van der Waals surface area contributed by atoms with Crippen molar-refractivity contribution in [1.29, 1.82) is 0 Å². The van der Waals surface area contributed by atoms with Gasteiger partial charge in [0, 0.05) is 12.0 Å². The van der Waals surface area contributed by atoms with Crippen LogP contribution < -0.4 is 22.5 Å². The lowest BCUT2D eigenvalue weighted by atomic mass is 9.98. The van der Waals surface area contributed by atoms with Gasteiger partial charge in [-0.15, -0.1) is 0 Å². The van der Waals surface area contributed by atoms with Gasteiger partial charge < -0.3 is 21.9 Å². The number of hydrogen-bond donors (Lipinski definition) is 4. The zero-order valence-electron chi connectivity index (χ0n) is 8.50. The van der Waals surface area contributed by atoms with Crippen molar-refractivity contribution in [2.24, 2.45) is 22.2 Å². The second kappa shape index (κ2) is 3.85. The lowest BCUT2D eigenvalue weighted by Crippen LogP contribution is -2.50. The SMILES string of the molecule is COC1=C(C)C(N)(CCN)N=C(N)N1. The molecule has 1 atom stereocenters. The molecule has 1 aliphatic rings. The molecule has 0 radical (unpaired) electrons. The first-order valence-electron chi connectivity index (χ1n) is 4.40. The van der Waals surface area contributed by atoms with Crippen LogP contribution in [0.1, 0.15) is 13.3 Å². The van der Waals surface area contributed by atoms with Gasteiger partial charge in [0.05, 0.1) is 7.11 Å². The summed E-state index contributed by atoms with van der Waals surface area (Å²) in [5, 5.41) is 2.79. The average Bonchev–Trinajstić information content (AvgIpc) is 2.11. The molecule has 0 saturated heterocycles. The summed E-state index contributed by atoms with van der Waals surface area (Å²) in [6.07, 6.45) is 0.536. The van der Waals surface area contributed by atoms with Crippen molar-refractivity contribution in [3.05, 3.63) is 11.5 Å². The van der Waals surface area contributed by atoms with Gasteiger partial charge in [0.25, 0.3) is 0 Å². The smallest absolute Gasteiger partial charge is 0.197 e. The zero-order chi connectivity index (χ0) is 10.8. The van der Waals surface area contributed by atoms with Crippen LogP contribution in [0.4, 0.5) is 0 Å². The molecular formula is C8H17N5O. The van der Waals surface area contributed by atoms with Crippen molar-refractivity contribution in [3.8, 4) is 0 Å². The first kappa shape index (κ1) is 10.8. The van der Waals surface area contributed by atoms with Crippen LogP contribution in [-0.4, -0.2) is 25.3 Å². The van der Waals surface area contributed by atoms with Gasteiger partial charge in [0.15, 0.2) is 11.8 Å². The number of guanidine groups is 1. The Kier molecular flexibility index (Phi) is 2.97. The van der Waals surface area contributed by atoms with E-state index < -0.39 is 5.66 Å². The molecule has 1 rings (SSSR count). The summed E-state index contributed by atoms with van der Waals surface area (Å²) in [7, 11) is 1.55. The van der Waals surface area contributed by atoms with Crippen molar-refractivity contribution in [1.82, 2.24) is 5.32 Å². The van der Waals surface area contributed by atoms with E-state index in [1.54, 1.807) is 7.11 Å². The van der Waals surface area contributed by atoms with Crippen molar-refractivity contribution in [2.45, 2.75) is 19.0 Å². The van der Waals surface area contributed by atoms with Gasteiger partial charge in [-0.05, 0) is 13.5 Å². The van der Waals surface area contributed by atoms with Crippen LogP contribution >= 0.6 is 0 Å². The minimum Gasteiger partial charge on any atom is -0.482 e. The summed E-state index contributed by atoms with van der Waals surface area (Å²) >= 11 is 0. The molecule has 0 aromatic carbocycles. The van der Waals surface area contributed by atoms with Crippen molar-refractivity contribution in [2.75, 3.05) is 13.7 Å². The fourth-order valence-corrected chi connectivity index (χ4v) is 1.40. The number of rotatable bonds is 3. The van der Waals surface area contributed by atoms with Gasteiger partial charge in [-0.1, -0.05) is 0 Å². The third kappa shape index (κ3) is 1.80. The first-order chi connectivity index (χ1) is 6.53. The van der Waals surface area contributed by atoms with Crippen LogP contribution in [0.15, 0.2) is 16.4 Å². The molecule has 6 heteroatoms. The van der Waals surface area contributed by atoms with E-state index in [9.17, 15) is 0 Å². The van der Waals surface area contributed by atoms with Crippen LogP contribution in [0.5, 0.6) is 0 Å². The largest absolute Gasteiger partial charge is 0.482 e. The van der Waals surface area contributed by atoms with Crippen LogP contribution in [0.2, 0.25) is 0 Å². The third-order valence-corrected chi connectivity index (χ3v) is 2.28. The summed E-state index contributed by atoms with van der Waals surface area (Å²) in [6, 6.07) is 0.